The van der Waals surface area contributed by atoms with E-state index in [1.165, 1.54) is 35.4 Å². The van der Waals surface area contributed by atoms with Gasteiger partial charge in [0, 0.05) is 25.0 Å². The summed E-state index contributed by atoms with van der Waals surface area (Å²) in [6.45, 7) is 2.02. The molecule has 3 rings (SSSR count). The molecule has 0 aliphatic rings. The van der Waals surface area contributed by atoms with Crippen LogP contribution >= 0.6 is 11.6 Å². The zero-order valence-corrected chi connectivity index (χ0v) is 16.5. The highest BCUT2D eigenvalue weighted by atomic mass is 35.5. The molecule has 3 aromatic rings. The molecule has 28 heavy (non-hydrogen) atoms. The van der Waals surface area contributed by atoms with Gasteiger partial charge in [-0.25, -0.2) is 4.39 Å². The lowest BCUT2D eigenvalue weighted by molar-refractivity contribution is 0.0719. The maximum Gasteiger partial charge on any atom is 0.256 e. The Morgan fingerprint density at radius 3 is 2.64 bits per heavy atom. The smallest absolute Gasteiger partial charge is 0.256 e. The third-order valence-electron chi connectivity index (χ3n) is 4.68. The molecule has 1 amide bonds. The molecule has 6 nitrogen and oxygen atoms in total. The number of rotatable bonds is 7. The Hall–Kier alpha value is -2.80. The second kappa shape index (κ2) is 8.93. The Kier molecular flexibility index (Phi) is 6.36. The van der Waals surface area contributed by atoms with Crippen molar-refractivity contribution < 1.29 is 9.18 Å². The third kappa shape index (κ3) is 4.54. The van der Waals surface area contributed by atoms with Crippen LogP contribution in [0.3, 0.4) is 0 Å². The van der Waals surface area contributed by atoms with Crippen molar-refractivity contribution in [3.8, 4) is 5.69 Å². The van der Waals surface area contributed by atoms with E-state index in [0.29, 0.717) is 17.1 Å². The highest BCUT2D eigenvalue weighted by molar-refractivity contribution is 6.30. The Morgan fingerprint density at radius 1 is 1.25 bits per heavy atom. The molecule has 1 aromatic carbocycles. The number of aromatic nitrogens is 4. The van der Waals surface area contributed by atoms with Crippen LogP contribution < -0.4 is 0 Å². The van der Waals surface area contributed by atoms with E-state index < -0.39 is 5.82 Å². The molecule has 2 aromatic heterocycles. The standard InChI is InChI=1S/C20H21ClFN5O/c1-3-17(8-7-16-6-4-14(21)13-23-16)26(2)20(28)18-12-15(22)5-9-19(18)27-24-10-11-25-27/h4-6,9-13,17H,3,7-8H2,1-2H3/t17-/m0/s1. The lowest BCUT2D eigenvalue weighted by Crippen LogP contribution is -2.37. The number of benzene rings is 1. The number of nitrogens with zero attached hydrogens (tertiary/aromatic N) is 5. The fourth-order valence-corrected chi connectivity index (χ4v) is 3.20. The molecular formula is C20H21ClFN5O. The highest BCUT2D eigenvalue weighted by Gasteiger charge is 2.23. The normalized spacial score (nSPS) is 12.0. The van der Waals surface area contributed by atoms with Gasteiger partial charge in [-0.3, -0.25) is 9.78 Å². The molecule has 0 spiro atoms. The highest BCUT2D eigenvalue weighted by Crippen LogP contribution is 2.20. The second-order valence-corrected chi connectivity index (χ2v) is 6.90. The van der Waals surface area contributed by atoms with E-state index >= 15 is 0 Å². The number of carbonyl (C=O) groups is 1. The lowest BCUT2D eigenvalue weighted by atomic mass is 10.0. The van der Waals surface area contributed by atoms with Crippen LogP contribution in [0.15, 0.2) is 48.9 Å². The molecule has 0 aliphatic carbocycles. The summed E-state index contributed by atoms with van der Waals surface area (Å²) in [6, 6.07) is 7.69. The first-order chi connectivity index (χ1) is 13.5. The average Bonchev–Trinajstić information content (AvgIpc) is 3.23. The van der Waals surface area contributed by atoms with Crippen LogP contribution in [0.1, 0.15) is 35.8 Å². The van der Waals surface area contributed by atoms with Crippen molar-refractivity contribution in [3.63, 3.8) is 0 Å². The molecular weight excluding hydrogens is 381 g/mol. The molecule has 0 bridgehead atoms. The van der Waals surface area contributed by atoms with Crippen LogP contribution in [-0.2, 0) is 6.42 Å². The average molecular weight is 402 g/mol. The Morgan fingerprint density at radius 2 is 2.00 bits per heavy atom. The number of pyridine rings is 1. The van der Waals surface area contributed by atoms with Gasteiger partial charge in [0.1, 0.15) is 5.82 Å². The number of amides is 1. The van der Waals surface area contributed by atoms with Crippen LogP contribution in [0.25, 0.3) is 5.69 Å². The quantitative estimate of drug-likeness (QED) is 0.601. The molecule has 146 valence electrons. The molecule has 8 heteroatoms. The Balaban J connectivity index is 1.78. The van der Waals surface area contributed by atoms with E-state index in [2.05, 4.69) is 15.2 Å². The van der Waals surface area contributed by atoms with Crippen LogP contribution in [0.4, 0.5) is 4.39 Å². The Labute approximate surface area is 168 Å². The van der Waals surface area contributed by atoms with Crippen LogP contribution in [0, 0.1) is 5.82 Å². The van der Waals surface area contributed by atoms with Gasteiger partial charge in [-0.05, 0) is 49.6 Å². The number of hydrogen-bond acceptors (Lipinski definition) is 4. The minimum atomic E-state index is -0.480. The van der Waals surface area contributed by atoms with Gasteiger partial charge in [0.2, 0.25) is 0 Å². The minimum Gasteiger partial charge on any atom is -0.339 e. The number of aryl methyl sites for hydroxylation is 1. The summed E-state index contributed by atoms with van der Waals surface area (Å²) >= 11 is 5.87. The number of hydrogen-bond donors (Lipinski definition) is 0. The predicted molar refractivity (Wildman–Crippen MR) is 105 cm³/mol. The number of carbonyl (C=O) groups excluding carboxylic acids is 1. The monoisotopic (exact) mass is 401 g/mol. The van der Waals surface area contributed by atoms with E-state index in [4.69, 9.17) is 11.6 Å². The first-order valence-electron chi connectivity index (χ1n) is 9.03. The van der Waals surface area contributed by atoms with Gasteiger partial charge in [0.15, 0.2) is 0 Å². The summed E-state index contributed by atoms with van der Waals surface area (Å²) < 4.78 is 13.9. The van der Waals surface area contributed by atoms with Crippen LogP contribution in [0.2, 0.25) is 5.02 Å². The molecule has 0 radical (unpaired) electrons. The maximum atomic E-state index is 13.9. The molecule has 0 unspecified atom stereocenters. The van der Waals surface area contributed by atoms with Crippen molar-refractivity contribution in [2.24, 2.45) is 0 Å². The Bertz CT molecular complexity index is 930. The first-order valence-corrected chi connectivity index (χ1v) is 9.41. The molecule has 1 atom stereocenters. The lowest BCUT2D eigenvalue weighted by Gasteiger charge is -2.28. The summed E-state index contributed by atoms with van der Waals surface area (Å²) in [5.41, 5.74) is 1.58. The summed E-state index contributed by atoms with van der Waals surface area (Å²) in [7, 11) is 1.73. The van der Waals surface area contributed by atoms with Gasteiger partial charge < -0.3 is 4.90 Å². The maximum absolute atomic E-state index is 13.9. The fourth-order valence-electron chi connectivity index (χ4n) is 3.09. The zero-order chi connectivity index (χ0) is 20.1. The zero-order valence-electron chi connectivity index (χ0n) is 15.7. The summed E-state index contributed by atoms with van der Waals surface area (Å²) in [4.78, 5) is 20.4. The predicted octanol–water partition coefficient (Wildman–Crippen LogP) is 3.94. The van der Waals surface area contributed by atoms with Gasteiger partial charge in [-0.2, -0.15) is 15.0 Å². The van der Waals surface area contributed by atoms with Crippen molar-refractivity contribution in [3.05, 3.63) is 71.0 Å². The van der Waals surface area contributed by atoms with Gasteiger partial charge >= 0.3 is 0 Å². The van der Waals surface area contributed by atoms with Gasteiger partial charge in [-0.1, -0.05) is 18.5 Å². The van der Waals surface area contributed by atoms with Crippen molar-refractivity contribution in [2.45, 2.75) is 32.2 Å². The summed E-state index contributed by atoms with van der Waals surface area (Å²) in [6.07, 6.45) is 6.84. The van der Waals surface area contributed by atoms with Crippen molar-refractivity contribution in [1.29, 1.82) is 0 Å². The van der Waals surface area contributed by atoms with E-state index in [9.17, 15) is 9.18 Å². The van der Waals surface area contributed by atoms with Gasteiger partial charge in [0.25, 0.3) is 5.91 Å². The van der Waals surface area contributed by atoms with Crippen molar-refractivity contribution >= 4 is 17.5 Å². The van der Waals surface area contributed by atoms with Gasteiger partial charge in [-0.15, -0.1) is 0 Å². The van der Waals surface area contributed by atoms with E-state index in [1.807, 2.05) is 13.0 Å². The topological polar surface area (TPSA) is 63.9 Å². The second-order valence-electron chi connectivity index (χ2n) is 6.46. The molecule has 0 aliphatic heterocycles. The van der Waals surface area contributed by atoms with Gasteiger partial charge in [0.05, 0.1) is 28.7 Å². The van der Waals surface area contributed by atoms with E-state index in [1.54, 1.807) is 24.2 Å². The molecule has 0 saturated carbocycles. The summed E-state index contributed by atoms with van der Waals surface area (Å²) in [5.74, 6) is -0.756. The van der Waals surface area contributed by atoms with Crippen molar-refractivity contribution in [2.75, 3.05) is 7.05 Å². The third-order valence-corrected chi connectivity index (χ3v) is 4.91. The van der Waals surface area contributed by atoms with Crippen LogP contribution in [0.5, 0.6) is 0 Å². The largest absolute Gasteiger partial charge is 0.339 e. The first kappa shape index (κ1) is 19.9. The molecule has 0 fully saturated rings. The molecule has 0 saturated heterocycles. The SMILES string of the molecule is CC[C@@H](CCc1ccc(Cl)cn1)N(C)C(=O)c1cc(F)ccc1-n1nccn1. The molecule has 2 heterocycles. The van der Waals surface area contributed by atoms with E-state index in [-0.39, 0.29) is 17.5 Å². The minimum absolute atomic E-state index is 0.0216. The molecule has 0 N–H and O–H groups in total. The summed E-state index contributed by atoms with van der Waals surface area (Å²) in [5, 5.41) is 8.71. The number of halogens is 2. The van der Waals surface area contributed by atoms with E-state index in [0.717, 1.165) is 18.5 Å². The van der Waals surface area contributed by atoms with Crippen LogP contribution in [-0.4, -0.2) is 43.9 Å². The van der Waals surface area contributed by atoms with Crippen molar-refractivity contribution in [1.82, 2.24) is 24.9 Å². The fraction of sp³-hybridized carbons (Fsp3) is 0.300.